The largest absolute Gasteiger partial charge is 0.393 e. The van der Waals surface area contributed by atoms with E-state index in [0.717, 1.165) is 49.0 Å². The Labute approximate surface area is 183 Å². The van der Waals surface area contributed by atoms with Crippen LogP contribution in [0.15, 0.2) is 11.6 Å². The van der Waals surface area contributed by atoms with Crippen LogP contribution in [-0.4, -0.2) is 29.6 Å². The van der Waals surface area contributed by atoms with Crippen LogP contribution in [0.25, 0.3) is 0 Å². The van der Waals surface area contributed by atoms with E-state index in [1.165, 1.54) is 44.9 Å². The molecule has 0 aromatic rings. The second-order valence-corrected chi connectivity index (χ2v) is 12.8. The fourth-order valence-electron chi connectivity index (χ4n) is 9.84. The first-order valence-electron chi connectivity index (χ1n) is 13.1. The minimum Gasteiger partial charge on any atom is -0.393 e. The van der Waals surface area contributed by atoms with Gasteiger partial charge < -0.3 is 9.84 Å². The molecule has 6 aliphatic rings. The molecular weight excluding hydrogens is 370 g/mol. The maximum absolute atomic E-state index is 10.3. The first-order chi connectivity index (χ1) is 14.3. The highest BCUT2D eigenvalue weighted by molar-refractivity contribution is 5.26. The molecule has 4 aliphatic carbocycles. The molecule has 2 aliphatic heterocycles. The van der Waals surface area contributed by atoms with Gasteiger partial charge in [-0.3, -0.25) is 5.32 Å². The summed E-state index contributed by atoms with van der Waals surface area (Å²) in [6, 6.07) is 0. The second kappa shape index (κ2) is 6.58. The van der Waals surface area contributed by atoms with E-state index >= 15 is 0 Å². The minimum absolute atomic E-state index is 0.0439. The summed E-state index contributed by atoms with van der Waals surface area (Å²) in [5.74, 6) is 4.58. The number of nitrogens with one attached hydrogen (secondary N) is 1. The van der Waals surface area contributed by atoms with Crippen molar-refractivity contribution >= 4 is 0 Å². The highest BCUT2D eigenvalue weighted by Gasteiger charge is 2.68. The van der Waals surface area contributed by atoms with Crippen molar-refractivity contribution in [3.05, 3.63) is 11.6 Å². The van der Waals surface area contributed by atoms with Crippen LogP contribution < -0.4 is 5.32 Å². The van der Waals surface area contributed by atoms with Crippen LogP contribution in [0.2, 0.25) is 0 Å². The Morgan fingerprint density at radius 3 is 2.67 bits per heavy atom. The Kier molecular flexibility index (Phi) is 4.44. The zero-order valence-corrected chi connectivity index (χ0v) is 19.6. The van der Waals surface area contributed by atoms with Crippen molar-refractivity contribution < 1.29 is 9.84 Å². The van der Waals surface area contributed by atoms with Gasteiger partial charge in [-0.05, 0) is 98.2 Å². The van der Waals surface area contributed by atoms with Gasteiger partial charge in [-0.25, -0.2) is 0 Å². The molecule has 168 valence electrons. The number of aliphatic hydroxyl groups excluding tert-OH is 1. The summed E-state index contributed by atoms with van der Waals surface area (Å²) in [6.45, 7) is 11.2. The third kappa shape index (κ3) is 2.55. The SMILES string of the molecule is C[C@@H]1CC[C@@]2(NC1)O[C@H]1C[C@@H]3[C@H]4CC=C5C[C@H](O)CC[C@]5(C)[C@H]4CC[C@]3(C)[C@@H]1[C@@H]2C. The molecule has 11 atom stereocenters. The summed E-state index contributed by atoms with van der Waals surface area (Å²) in [5.41, 5.74) is 2.33. The first-order valence-corrected chi connectivity index (χ1v) is 13.1. The number of rotatable bonds is 0. The van der Waals surface area contributed by atoms with E-state index in [-0.39, 0.29) is 11.8 Å². The number of allylic oxidation sites excluding steroid dienone is 1. The van der Waals surface area contributed by atoms with Crippen LogP contribution in [-0.2, 0) is 4.74 Å². The normalized spacial score (nSPS) is 59.8. The molecule has 3 saturated carbocycles. The number of fused-ring (bicyclic) bond motifs is 7. The summed E-state index contributed by atoms with van der Waals surface area (Å²) >= 11 is 0. The molecule has 3 heteroatoms. The maximum atomic E-state index is 10.3. The molecule has 0 radical (unpaired) electrons. The zero-order valence-electron chi connectivity index (χ0n) is 19.6. The van der Waals surface area contributed by atoms with Gasteiger partial charge in [0, 0.05) is 12.5 Å². The highest BCUT2D eigenvalue weighted by atomic mass is 16.5. The lowest BCUT2D eigenvalue weighted by Crippen LogP contribution is -2.57. The third-order valence-electron chi connectivity index (χ3n) is 11.6. The summed E-state index contributed by atoms with van der Waals surface area (Å²) in [6.07, 6.45) is 13.8. The van der Waals surface area contributed by atoms with Gasteiger partial charge in [-0.15, -0.1) is 0 Å². The zero-order chi connectivity index (χ0) is 20.9. The number of ether oxygens (including phenoxy) is 1. The Bertz CT molecular complexity index is 739. The molecule has 30 heavy (non-hydrogen) atoms. The summed E-state index contributed by atoms with van der Waals surface area (Å²) in [7, 11) is 0. The molecule has 3 nitrogen and oxygen atoms in total. The van der Waals surface area contributed by atoms with Crippen molar-refractivity contribution in [3.8, 4) is 0 Å². The Morgan fingerprint density at radius 1 is 1.07 bits per heavy atom. The van der Waals surface area contributed by atoms with Crippen LogP contribution in [0.4, 0.5) is 0 Å². The molecular formula is C27H43NO2. The fourth-order valence-corrected chi connectivity index (χ4v) is 9.84. The van der Waals surface area contributed by atoms with Crippen LogP contribution in [0.5, 0.6) is 0 Å². The molecule has 1 spiro atoms. The molecule has 0 amide bonds. The molecule has 2 heterocycles. The molecule has 0 unspecified atom stereocenters. The average molecular weight is 414 g/mol. The van der Waals surface area contributed by atoms with Crippen molar-refractivity contribution in [2.75, 3.05) is 6.54 Å². The van der Waals surface area contributed by atoms with Crippen LogP contribution in [0, 0.1) is 46.3 Å². The van der Waals surface area contributed by atoms with Crippen LogP contribution in [0.1, 0.15) is 85.5 Å². The van der Waals surface area contributed by atoms with Crippen molar-refractivity contribution in [2.24, 2.45) is 46.3 Å². The van der Waals surface area contributed by atoms with Crippen LogP contribution in [0.3, 0.4) is 0 Å². The molecule has 2 saturated heterocycles. The monoisotopic (exact) mass is 413 g/mol. The number of aliphatic hydroxyl groups is 1. The highest BCUT2D eigenvalue weighted by Crippen LogP contribution is 2.70. The van der Waals surface area contributed by atoms with E-state index in [9.17, 15) is 5.11 Å². The summed E-state index contributed by atoms with van der Waals surface area (Å²) in [4.78, 5) is 0. The van der Waals surface area contributed by atoms with Gasteiger partial charge in [0.2, 0.25) is 0 Å². The fraction of sp³-hybridized carbons (Fsp3) is 0.926. The molecule has 0 aromatic heterocycles. The Morgan fingerprint density at radius 2 is 1.90 bits per heavy atom. The lowest BCUT2D eigenvalue weighted by atomic mass is 9.47. The van der Waals surface area contributed by atoms with Crippen molar-refractivity contribution in [3.63, 3.8) is 0 Å². The lowest BCUT2D eigenvalue weighted by Gasteiger charge is -2.58. The van der Waals surface area contributed by atoms with E-state index in [2.05, 4.69) is 39.1 Å². The van der Waals surface area contributed by atoms with Gasteiger partial charge in [0.15, 0.2) is 0 Å². The van der Waals surface area contributed by atoms with Crippen molar-refractivity contribution in [1.29, 1.82) is 0 Å². The molecule has 0 aromatic carbocycles. The summed E-state index contributed by atoms with van der Waals surface area (Å²) < 4.78 is 7.00. The third-order valence-corrected chi connectivity index (χ3v) is 11.6. The molecule has 5 fully saturated rings. The molecule has 0 bridgehead atoms. The first kappa shape index (κ1) is 20.2. The van der Waals surface area contributed by atoms with Crippen molar-refractivity contribution in [2.45, 2.75) is 103 Å². The van der Waals surface area contributed by atoms with Gasteiger partial charge in [0.25, 0.3) is 0 Å². The van der Waals surface area contributed by atoms with Gasteiger partial charge >= 0.3 is 0 Å². The quantitative estimate of drug-likeness (QED) is 0.530. The molecule has 2 N–H and O–H groups in total. The summed E-state index contributed by atoms with van der Waals surface area (Å²) in [5, 5.41) is 14.1. The van der Waals surface area contributed by atoms with Gasteiger partial charge in [0.1, 0.15) is 5.72 Å². The minimum atomic E-state index is -0.100. The Balaban J connectivity index is 1.28. The van der Waals surface area contributed by atoms with Crippen LogP contribution >= 0.6 is 0 Å². The second-order valence-electron chi connectivity index (χ2n) is 12.8. The molecule has 6 rings (SSSR count). The van der Waals surface area contributed by atoms with E-state index in [1.54, 1.807) is 5.57 Å². The van der Waals surface area contributed by atoms with E-state index < -0.39 is 0 Å². The van der Waals surface area contributed by atoms with Crippen molar-refractivity contribution in [1.82, 2.24) is 5.32 Å². The Hall–Kier alpha value is -0.380. The van der Waals surface area contributed by atoms with Gasteiger partial charge in [-0.2, -0.15) is 0 Å². The topological polar surface area (TPSA) is 41.5 Å². The van der Waals surface area contributed by atoms with E-state index in [4.69, 9.17) is 4.74 Å². The van der Waals surface area contributed by atoms with E-state index in [0.29, 0.717) is 22.9 Å². The predicted octanol–water partition coefficient (Wildman–Crippen LogP) is 5.29. The standard InChI is InChI=1S/C27H43NO2/c1-16-7-12-27(28-15-16)17(2)24-23(30-27)14-22-20-6-5-18-13-19(29)8-10-25(18,3)21(20)9-11-26(22,24)4/h5,16-17,19-24,28-29H,6-15H2,1-4H3/t16-,17+,19-,20+,21+,22-,23+,24-,25+,26+,27-/m1/s1. The predicted molar refractivity (Wildman–Crippen MR) is 120 cm³/mol. The van der Waals surface area contributed by atoms with E-state index in [1.807, 2.05) is 0 Å². The maximum Gasteiger partial charge on any atom is 0.122 e. The lowest BCUT2D eigenvalue weighted by molar-refractivity contribution is -0.115. The van der Waals surface area contributed by atoms with Gasteiger partial charge in [0.05, 0.1) is 12.2 Å². The number of hydrogen-bond acceptors (Lipinski definition) is 3. The smallest absolute Gasteiger partial charge is 0.122 e. The number of piperidine rings is 1. The number of hydrogen-bond donors (Lipinski definition) is 2. The average Bonchev–Trinajstić information content (AvgIpc) is 3.16. The van der Waals surface area contributed by atoms with Gasteiger partial charge in [-0.1, -0.05) is 39.3 Å².